The standard InChI is InChI=1S/C88H116N16O18SSi/c1-11-85(119)40-52-41-87(82(118)122-6,71-56(29-34-102(45-52)48-85)55-16-12-13-17-59(55)98-71)58-37-57-63(39-65(58)121-5)101(4)80-86(57)31-35-103-33-15-30-84(3,79(86)103)81(117)88(80,120)47-95-72(110)53-23-25-54(26-24-53)124(9,10)78(123(7)8)70(77(115)116)100-67(107)28-27-66(106)92-42-50-19-21-51(22-20-50)46-104-64-43-93-74(112)61(36-49(2)105)97-69(109)44-94-73(111)60(18-14-32-91-83(89)90)96-68(108)38-62(76(104)114)99-75(64)113/h12-13,15-17,19-26,30,37,39,52,60-62,64,70,78-81,98,117,119-120H,11,14,18,27-29,31-36,38,40-48H2,1-10H3,(H12-,89,90,91,92,93,94,95,96,97,99,100,106,107,108,109,110,111,112,113,115,116)/p+1/t52?,60-,61-,62+,64-,70?,78?,79+,80+,81+,84+,85-,86+,87-,88-/m0/s1. The number of amides is 9. The van der Waals surface area contributed by atoms with Crippen molar-refractivity contribution in [3.05, 3.63) is 136 Å². The number of carbonyl (C=O) groups is 12. The third-order valence-corrected chi connectivity index (χ3v) is 35.2. The molecule has 36 heteroatoms. The number of ketones is 1. The lowest BCUT2D eigenvalue weighted by molar-refractivity contribution is -0.190. The first kappa shape index (κ1) is 90.9. The molecule has 5 saturated heterocycles. The molecule has 4 aromatic carbocycles. The summed E-state index contributed by atoms with van der Waals surface area (Å²) in [6.07, 6.45) is 7.26. The number of aliphatic carboxylic acids is 1. The van der Waals surface area contributed by atoms with E-state index in [4.69, 9.17) is 20.9 Å². The molecular formula is C88H117N16O18SSi+. The molecule has 1 aliphatic carbocycles. The first-order valence-electron chi connectivity index (χ1n) is 42.4. The number of hydrogen-bond acceptors (Lipinski definition) is 21. The third kappa shape index (κ3) is 17.6. The Hall–Kier alpha value is -10.8. The molecule has 9 heterocycles. The van der Waals surface area contributed by atoms with Gasteiger partial charge in [0, 0.05) is 135 Å². The molecule has 6 fully saturated rings. The Morgan fingerprint density at radius 1 is 0.823 bits per heavy atom. The Morgan fingerprint density at radius 3 is 2.21 bits per heavy atom. The van der Waals surface area contributed by atoms with Gasteiger partial charge in [0.15, 0.2) is 12.0 Å². The van der Waals surface area contributed by atoms with Crippen molar-refractivity contribution < 1.29 is 87.4 Å². The number of likely N-dealkylation sites (N-methyl/N-ethyl adjacent to an activating group) is 1. The normalized spacial score (nSPS) is 28.7. The Bertz CT molecular complexity index is 5070. The van der Waals surface area contributed by atoms with Crippen LogP contribution in [0, 0.1) is 11.3 Å². The molecule has 9 aliphatic rings. The lowest BCUT2D eigenvalue weighted by atomic mass is 9.49. The number of nitrogens with one attached hydrogen (secondary N) is 9. The van der Waals surface area contributed by atoms with Crippen molar-refractivity contribution in [3.8, 4) is 5.75 Å². The molecular weight excluding hydrogens is 1630 g/mol. The van der Waals surface area contributed by atoms with Gasteiger partial charge >= 0.3 is 11.9 Å². The van der Waals surface area contributed by atoms with Crippen LogP contribution in [-0.4, -0.2) is 282 Å². The summed E-state index contributed by atoms with van der Waals surface area (Å²) < 4.78 is 12.5. The molecule has 5 aromatic rings. The van der Waals surface area contributed by atoms with Gasteiger partial charge in [-0.2, -0.15) is 0 Å². The molecule has 8 aliphatic heterocycles. The average Bonchev–Trinajstić information content (AvgIpc) is 1.48. The van der Waals surface area contributed by atoms with Gasteiger partial charge in [-0.15, -0.1) is 0 Å². The average molecular weight is 1750 g/mol. The van der Waals surface area contributed by atoms with Crippen molar-refractivity contribution in [2.45, 2.75) is 193 Å². The van der Waals surface area contributed by atoms with E-state index in [-0.39, 0.29) is 81.8 Å². The van der Waals surface area contributed by atoms with E-state index in [9.17, 15) is 73.2 Å². The molecule has 1 aromatic heterocycles. The number of nitrogens with two attached hydrogens (primary N) is 2. The lowest BCUT2D eigenvalue weighted by Crippen LogP contribution is -2.80. The number of carboxylic acids is 1. The Kier molecular flexibility index (Phi) is 26.7. The fourth-order valence-electron chi connectivity index (χ4n) is 21.6. The molecule has 4 unspecified atom stereocenters. The molecule has 17 N–H and O–H groups in total. The first-order valence-corrected chi connectivity index (χ1v) is 47.6. The van der Waals surface area contributed by atoms with Gasteiger partial charge in [0.2, 0.25) is 47.3 Å². The number of rotatable bonds is 26. The number of aliphatic hydroxyl groups excluding tert-OH is 1. The second kappa shape index (κ2) is 36.4. The van der Waals surface area contributed by atoms with Gasteiger partial charge in [-0.05, 0) is 122 Å². The van der Waals surface area contributed by atoms with Gasteiger partial charge in [0.05, 0.1) is 64.0 Å². The van der Waals surface area contributed by atoms with Crippen LogP contribution in [0.1, 0.15) is 129 Å². The number of aromatic nitrogens is 1. The van der Waals surface area contributed by atoms with Crippen LogP contribution >= 0.6 is 0 Å². The highest BCUT2D eigenvalue weighted by Crippen LogP contribution is 2.67. The number of esters is 1. The van der Waals surface area contributed by atoms with Crippen molar-refractivity contribution >= 4 is 118 Å². The third-order valence-electron chi connectivity index (χ3n) is 27.1. The van der Waals surface area contributed by atoms with E-state index in [0.29, 0.717) is 86.5 Å². The SMILES string of the molecule is CC[C@]1(O)CC2CN(CCc3c([nH]c4ccccc34)[C@@](C(=O)OC)(c3cc4c(cc3OC)N(C)[C@H]3[C@@](O)(CNC(=O)c5ccc([Si](C)(C)C(C(NC(=O)CCC(=O)NCc6ccc(CN7C(=O)[C@H]8CC(=O)N[C@@H](CCCN=C(N)N)C(=O)NCC(=O)N[C@@H](CC(C)=O)C(=O)NC[C@H]7C(=O)N8)cc6)C(=O)O)[S+](C)C)cc5)[C@H](O)[C@]5(C)C=CCN6CC[C@]43[C@H]65)C2)C1. The fraction of sp³-hybridized carbons (Fsp3) is 0.534. The van der Waals surface area contributed by atoms with Crippen LogP contribution in [0.5, 0.6) is 5.75 Å². The maximum absolute atomic E-state index is 15.7. The zero-order valence-corrected chi connectivity index (χ0v) is 73.7. The first-order chi connectivity index (χ1) is 58.8. The topological polar surface area (TPSA) is 494 Å². The Balaban J connectivity index is 0.672. The summed E-state index contributed by atoms with van der Waals surface area (Å²) >= 11 is 0. The highest BCUT2D eigenvalue weighted by atomic mass is 32.2. The highest BCUT2D eigenvalue weighted by Gasteiger charge is 2.76. The minimum atomic E-state index is -2.96. The number of para-hydroxylation sites is 1. The van der Waals surface area contributed by atoms with Crippen molar-refractivity contribution in [1.82, 2.24) is 62.2 Å². The number of Topliss-reactive ketones (excluding diaryl/α,β-unsaturated/α-hetero) is 1. The van der Waals surface area contributed by atoms with Crippen LogP contribution in [0.15, 0.2) is 102 Å². The summed E-state index contributed by atoms with van der Waals surface area (Å²) in [5, 5.41) is 73.2. The van der Waals surface area contributed by atoms with Gasteiger partial charge in [0.25, 0.3) is 5.91 Å². The summed E-state index contributed by atoms with van der Waals surface area (Å²) in [5.74, 6) is -8.64. The van der Waals surface area contributed by atoms with Crippen molar-refractivity contribution in [1.29, 1.82) is 0 Å². The van der Waals surface area contributed by atoms with E-state index in [1.807, 2.05) is 87.8 Å². The van der Waals surface area contributed by atoms with Crippen LogP contribution in [-0.2, 0) is 98.7 Å². The van der Waals surface area contributed by atoms with Crippen LogP contribution in [0.3, 0.4) is 0 Å². The van der Waals surface area contributed by atoms with Crippen LogP contribution in [0.25, 0.3) is 10.9 Å². The van der Waals surface area contributed by atoms with Gasteiger partial charge in [-0.1, -0.05) is 98.9 Å². The number of ether oxygens (including phenoxy) is 2. The highest BCUT2D eigenvalue weighted by molar-refractivity contribution is 7.98. The van der Waals surface area contributed by atoms with E-state index < -0.39 is 190 Å². The maximum atomic E-state index is 15.7. The van der Waals surface area contributed by atoms with E-state index in [2.05, 4.69) is 74.4 Å². The number of nitrogens with zero attached hydrogens (tertiary/aromatic N) is 5. The molecule has 4 bridgehead atoms. The van der Waals surface area contributed by atoms with Gasteiger partial charge in [-0.25, -0.2) is 4.79 Å². The number of aromatic amines is 1. The van der Waals surface area contributed by atoms with Gasteiger partial charge in [-0.3, -0.25) is 67.5 Å². The molecule has 0 radical (unpaired) electrons. The molecule has 9 amide bonds. The number of aliphatic hydroxyl groups is 3. The molecule has 16 atom stereocenters. The number of guanidine groups is 1. The minimum absolute atomic E-state index is 0.0119. The van der Waals surface area contributed by atoms with Crippen LogP contribution < -0.4 is 68.8 Å². The second-order valence-electron chi connectivity index (χ2n) is 35.8. The zero-order chi connectivity index (χ0) is 89.4. The summed E-state index contributed by atoms with van der Waals surface area (Å²) in [6, 6.07) is 17.5. The quantitative estimate of drug-likeness (QED) is 0.00484. The molecule has 124 heavy (non-hydrogen) atoms. The smallest absolute Gasteiger partial charge is 0.331 e. The summed E-state index contributed by atoms with van der Waals surface area (Å²) in [6.45, 7) is 10.5. The van der Waals surface area contributed by atoms with Crippen molar-refractivity contribution in [2.75, 3.05) is 97.6 Å². The lowest BCUT2D eigenvalue weighted by Gasteiger charge is -2.63. The van der Waals surface area contributed by atoms with E-state index in [0.717, 1.165) is 32.9 Å². The van der Waals surface area contributed by atoms with E-state index in [1.165, 1.54) is 18.9 Å². The summed E-state index contributed by atoms with van der Waals surface area (Å²) in [4.78, 5) is 181. The number of methoxy groups -OCH3 is 2. The number of fused-ring (bicyclic) bond motifs is 20. The van der Waals surface area contributed by atoms with Crippen molar-refractivity contribution in [2.24, 2.45) is 27.8 Å². The number of carboxylic acid groups (broad SMARTS) is 1. The fourth-order valence-corrected chi connectivity index (χ4v) is 29.8. The number of benzene rings is 4. The molecule has 666 valence electrons. The number of H-pyrrole nitrogens is 1. The molecule has 14 rings (SSSR count). The molecule has 1 spiro atoms. The number of piperidine rings is 1. The minimum Gasteiger partial charge on any atom is -0.496 e. The summed E-state index contributed by atoms with van der Waals surface area (Å²) in [7, 11) is 1.30. The number of anilines is 1. The zero-order valence-electron chi connectivity index (χ0n) is 71.9. The number of carbonyl (C=O) groups excluding carboxylic acids is 11. The Labute approximate surface area is 723 Å². The second-order valence-corrected chi connectivity index (χ2v) is 43.1. The van der Waals surface area contributed by atoms with Crippen LogP contribution in [0.4, 0.5) is 5.69 Å². The maximum Gasteiger partial charge on any atom is 0.331 e. The number of piperazine rings is 1. The monoisotopic (exact) mass is 1750 g/mol. The molecule has 1 saturated carbocycles. The van der Waals surface area contributed by atoms with Crippen molar-refractivity contribution in [3.63, 3.8) is 0 Å². The predicted molar refractivity (Wildman–Crippen MR) is 466 cm³/mol. The largest absolute Gasteiger partial charge is 0.496 e. The van der Waals surface area contributed by atoms with E-state index >= 15 is 4.79 Å². The van der Waals surface area contributed by atoms with Gasteiger partial charge < -0.3 is 98.7 Å². The number of hydrogen-bond donors (Lipinski definition) is 15. The van der Waals surface area contributed by atoms with Gasteiger partial charge in [0.1, 0.15) is 59.7 Å². The Morgan fingerprint density at radius 2 is 1.52 bits per heavy atom. The van der Waals surface area contributed by atoms with Crippen LogP contribution in [0.2, 0.25) is 13.1 Å². The summed E-state index contributed by atoms with van der Waals surface area (Å²) in [5.41, 5.74) is 10.4. The van der Waals surface area contributed by atoms with E-state index in [1.54, 1.807) is 55.6 Å². The molecule has 34 nitrogen and oxygen atoms in total. The predicted octanol–water partition coefficient (Wildman–Crippen LogP) is -0.512. The number of aliphatic imine (C=N–C) groups is 1.